The summed E-state index contributed by atoms with van der Waals surface area (Å²) in [5.74, 6) is 0. The van der Waals surface area contributed by atoms with Gasteiger partial charge >= 0.3 is 0 Å². The number of benzene rings is 1. The Morgan fingerprint density at radius 2 is 2.18 bits per heavy atom. The van der Waals surface area contributed by atoms with Crippen LogP contribution in [0.4, 0.5) is 0 Å². The van der Waals surface area contributed by atoms with Crippen molar-refractivity contribution in [3.8, 4) is 0 Å². The Labute approximate surface area is 136 Å². The number of allylic oxidation sites excluding steroid dienone is 1. The number of nitrogens with one attached hydrogen (secondary N) is 1. The molecule has 1 aromatic carbocycles. The molecule has 6 heteroatoms. The molecule has 3 rings (SSSR count). The molecule has 0 amide bonds. The van der Waals surface area contributed by atoms with Gasteiger partial charge in [0.2, 0.25) is 0 Å². The molecule has 0 saturated carbocycles. The molecule has 4 nitrogen and oxygen atoms in total. The Kier molecular flexibility index (Phi) is 4.40. The lowest BCUT2D eigenvalue weighted by Crippen LogP contribution is -2.18. The van der Waals surface area contributed by atoms with Crippen LogP contribution in [0, 0.1) is 0 Å². The minimum Gasteiger partial charge on any atom is -0.301 e. The predicted molar refractivity (Wildman–Crippen MR) is 93.0 cm³/mol. The van der Waals surface area contributed by atoms with Crippen molar-refractivity contribution in [3.05, 3.63) is 63.5 Å². The van der Waals surface area contributed by atoms with Crippen LogP contribution < -0.4 is 5.56 Å². The average Bonchev–Trinajstić information content (AvgIpc) is 2.92. The zero-order valence-electron chi connectivity index (χ0n) is 12.1. The number of hydrogen-bond acceptors (Lipinski definition) is 5. The van der Waals surface area contributed by atoms with Crippen molar-refractivity contribution in [1.82, 2.24) is 15.0 Å². The number of hydrogen-bond donors (Lipinski definition) is 1. The van der Waals surface area contributed by atoms with E-state index in [1.54, 1.807) is 17.4 Å². The lowest BCUT2D eigenvalue weighted by molar-refractivity contribution is 0.846. The van der Waals surface area contributed by atoms with E-state index < -0.39 is 0 Å². The summed E-state index contributed by atoms with van der Waals surface area (Å²) < 4.78 is 1.15. The van der Waals surface area contributed by atoms with Crippen molar-refractivity contribution in [1.29, 1.82) is 0 Å². The van der Waals surface area contributed by atoms with Crippen LogP contribution in [0.3, 0.4) is 0 Å². The molecule has 0 spiro atoms. The first kappa shape index (κ1) is 15.0. The summed E-state index contributed by atoms with van der Waals surface area (Å²) in [5.41, 5.74) is 2.36. The van der Waals surface area contributed by atoms with E-state index in [1.807, 2.05) is 24.5 Å². The van der Waals surface area contributed by atoms with Gasteiger partial charge in [-0.15, -0.1) is 17.9 Å². The maximum atomic E-state index is 12.2. The number of nitrogens with zero attached hydrogens (tertiary/aromatic N) is 2. The maximum Gasteiger partial charge on any atom is 0.255 e. The third-order valence-electron chi connectivity index (χ3n) is 3.28. The van der Waals surface area contributed by atoms with Crippen LogP contribution in [0.2, 0.25) is 0 Å². The van der Waals surface area contributed by atoms with Gasteiger partial charge in [0, 0.05) is 12.0 Å². The van der Waals surface area contributed by atoms with E-state index in [0.717, 1.165) is 20.9 Å². The van der Waals surface area contributed by atoms with Gasteiger partial charge in [0.25, 0.3) is 5.56 Å². The number of aromatic amines is 1. The fourth-order valence-electron chi connectivity index (χ4n) is 2.26. The summed E-state index contributed by atoms with van der Waals surface area (Å²) >= 11 is 3.07. The van der Waals surface area contributed by atoms with Crippen molar-refractivity contribution in [2.75, 3.05) is 6.26 Å². The van der Waals surface area contributed by atoms with Crippen molar-refractivity contribution in [2.24, 2.45) is 0 Å². The molecule has 0 aliphatic rings. The summed E-state index contributed by atoms with van der Waals surface area (Å²) in [5, 5.41) is 1.60. The molecule has 0 fully saturated rings. The van der Waals surface area contributed by atoms with Gasteiger partial charge in [0.05, 0.1) is 20.9 Å². The maximum absolute atomic E-state index is 12.2. The summed E-state index contributed by atoms with van der Waals surface area (Å²) in [6, 6.07) is 8.04. The Balaban J connectivity index is 2.04. The third-order valence-corrected chi connectivity index (χ3v) is 4.89. The minimum absolute atomic E-state index is 0.0876. The van der Waals surface area contributed by atoms with Gasteiger partial charge in [0.15, 0.2) is 5.16 Å². The predicted octanol–water partition coefficient (Wildman–Crippen LogP) is 3.42. The number of H-pyrrole nitrogens is 1. The molecule has 0 atom stereocenters. The van der Waals surface area contributed by atoms with E-state index in [0.29, 0.717) is 23.6 Å². The van der Waals surface area contributed by atoms with E-state index in [-0.39, 0.29) is 5.56 Å². The highest BCUT2D eigenvalue weighted by atomic mass is 32.2. The van der Waals surface area contributed by atoms with E-state index in [4.69, 9.17) is 0 Å². The fourth-order valence-corrected chi connectivity index (χ4v) is 3.63. The van der Waals surface area contributed by atoms with Crippen LogP contribution in [0.15, 0.2) is 46.9 Å². The first-order valence-corrected chi connectivity index (χ1v) is 8.86. The summed E-state index contributed by atoms with van der Waals surface area (Å²) in [4.78, 5) is 24.2. The zero-order chi connectivity index (χ0) is 15.5. The molecule has 1 N–H and O–H groups in total. The smallest absolute Gasteiger partial charge is 0.255 e. The second-order valence-electron chi connectivity index (χ2n) is 4.75. The topological polar surface area (TPSA) is 58.6 Å². The van der Waals surface area contributed by atoms with Crippen molar-refractivity contribution >= 4 is 33.3 Å². The van der Waals surface area contributed by atoms with Crippen LogP contribution in [0.25, 0.3) is 10.2 Å². The van der Waals surface area contributed by atoms with E-state index in [1.165, 1.54) is 11.8 Å². The lowest BCUT2D eigenvalue weighted by Gasteiger charge is -2.06. The molecule has 2 aromatic heterocycles. The van der Waals surface area contributed by atoms with E-state index in [9.17, 15) is 4.79 Å². The molecular formula is C16H15N3OS2. The molecule has 2 heterocycles. The van der Waals surface area contributed by atoms with Crippen molar-refractivity contribution in [3.63, 3.8) is 0 Å². The second kappa shape index (κ2) is 6.46. The molecule has 112 valence electrons. The summed E-state index contributed by atoms with van der Waals surface area (Å²) in [7, 11) is 0. The third kappa shape index (κ3) is 2.98. The van der Waals surface area contributed by atoms with Gasteiger partial charge in [-0.1, -0.05) is 30.0 Å². The van der Waals surface area contributed by atoms with E-state index >= 15 is 0 Å². The van der Waals surface area contributed by atoms with Gasteiger partial charge in [-0.2, -0.15) is 0 Å². The highest BCUT2D eigenvalue weighted by Crippen LogP contribution is 2.24. The van der Waals surface area contributed by atoms with Gasteiger partial charge in [0.1, 0.15) is 0 Å². The fraction of sp³-hybridized carbons (Fsp3) is 0.188. The largest absolute Gasteiger partial charge is 0.301 e. The van der Waals surface area contributed by atoms with Crippen molar-refractivity contribution in [2.45, 2.75) is 18.0 Å². The monoisotopic (exact) mass is 329 g/mol. The van der Waals surface area contributed by atoms with Gasteiger partial charge in [-0.25, -0.2) is 9.97 Å². The second-order valence-corrected chi connectivity index (χ2v) is 6.66. The number of para-hydroxylation sites is 1. The molecule has 0 unspecified atom stereocenters. The highest BCUT2D eigenvalue weighted by Gasteiger charge is 2.13. The standard InChI is InChI=1S/C16H15N3OS2/c1-3-6-10-12(18-16(21-2)19-15(10)20)9-14-17-11-7-4-5-8-13(11)22-14/h3-5,7-8H,1,6,9H2,2H3,(H,18,19,20). The first-order chi connectivity index (χ1) is 10.7. The molecule has 0 aliphatic carbocycles. The quantitative estimate of drug-likeness (QED) is 0.443. The Hall–Kier alpha value is -1.92. The minimum atomic E-state index is -0.0876. The Morgan fingerprint density at radius 3 is 2.91 bits per heavy atom. The number of rotatable bonds is 5. The van der Waals surface area contributed by atoms with Crippen LogP contribution >= 0.6 is 23.1 Å². The van der Waals surface area contributed by atoms with Gasteiger partial charge in [-0.05, 0) is 24.8 Å². The molecule has 22 heavy (non-hydrogen) atoms. The molecule has 0 aliphatic heterocycles. The molecule has 0 bridgehead atoms. The normalized spacial score (nSPS) is 11.0. The van der Waals surface area contributed by atoms with Gasteiger partial charge < -0.3 is 4.98 Å². The number of aromatic nitrogens is 3. The highest BCUT2D eigenvalue weighted by molar-refractivity contribution is 7.98. The van der Waals surface area contributed by atoms with Crippen LogP contribution in [0.1, 0.15) is 16.3 Å². The number of thiazole rings is 1. The lowest BCUT2D eigenvalue weighted by atomic mass is 10.1. The molecule has 0 radical (unpaired) electrons. The summed E-state index contributed by atoms with van der Waals surface area (Å²) in [6.45, 7) is 3.72. The Morgan fingerprint density at radius 1 is 1.36 bits per heavy atom. The van der Waals surface area contributed by atoms with Gasteiger partial charge in [-0.3, -0.25) is 4.79 Å². The first-order valence-electron chi connectivity index (χ1n) is 6.82. The van der Waals surface area contributed by atoms with Crippen LogP contribution in [-0.2, 0) is 12.8 Å². The zero-order valence-corrected chi connectivity index (χ0v) is 13.8. The molecule has 0 saturated heterocycles. The SMILES string of the molecule is C=CCc1c(Cc2nc3ccccc3s2)nc(SC)[nH]c1=O. The van der Waals surface area contributed by atoms with Crippen molar-refractivity contribution < 1.29 is 0 Å². The molecular weight excluding hydrogens is 314 g/mol. The van der Waals surface area contributed by atoms with Crippen LogP contribution in [-0.4, -0.2) is 21.2 Å². The number of fused-ring (bicyclic) bond motifs is 1. The number of thioether (sulfide) groups is 1. The van der Waals surface area contributed by atoms with Crippen LogP contribution in [0.5, 0.6) is 0 Å². The summed E-state index contributed by atoms with van der Waals surface area (Å²) in [6.07, 6.45) is 4.71. The molecule has 3 aromatic rings. The average molecular weight is 329 g/mol. The van der Waals surface area contributed by atoms with E-state index in [2.05, 4.69) is 27.6 Å². The Bertz CT molecular complexity index is 849.